The van der Waals surface area contributed by atoms with Crippen molar-refractivity contribution in [2.45, 2.75) is 38.3 Å². The molecule has 6 N–H and O–H groups in total. The van der Waals surface area contributed by atoms with E-state index in [1.165, 1.54) is 12.8 Å². The molecule has 6 heteroatoms. The summed E-state index contributed by atoms with van der Waals surface area (Å²) in [5.41, 5.74) is 14.2. The van der Waals surface area contributed by atoms with E-state index < -0.39 is 0 Å². The second-order valence-electron chi connectivity index (χ2n) is 6.50. The van der Waals surface area contributed by atoms with E-state index in [2.05, 4.69) is 21.4 Å². The number of aliphatic hydroxyl groups excluding tert-OH is 1. The fourth-order valence-electron chi connectivity index (χ4n) is 2.95. The van der Waals surface area contributed by atoms with E-state index in [0.29, 0.717) is 23.9 Å². The average Bonchev–Trinajstić information content (AvgIpc) is 3.14. The van der Waals surface area contributed by atoms with Crippen molar-refractivity contribution in [3.8, 4) is 0 Å². The highest BCUT2D eigenvalue weighted by atomic mass is 16.3. The predicted molar refractivity (Wildman–Crippen MR) is 107 cm³/mol. The summed E-state index contributed by atoms with van der Waals surface area (Å²) in [4.78, 5) is 8.48. The number of hydrogen-bond donors (Lipinski definition) is 4. The third-order valence-corrected chi connectivity index (χ3v) is 4.40. The van der Waals surface area contributed by atoms with Crippen LogP contribution in [0.15, 0.2) is 48.7 Å². The van der Waals surface area contributed by atoms with E-state index >= 15 is 0 Å². The molecular weight excluding hydrogens is 326 g/mol. The van der Waals surface area contributed by atoms with Gasteiger partial charge in [-0.1, -0.05) is 25.0 Å². The van der Waals surface area contributed by atoms with Crippen LogP contribution in [0.25, 0.3) is 10.9 Å². The average molecular weight is 351 g/mol. The number of nitrogens with zero attached hydrogens (tertiary/aromatic N) is 2. The van der Waals surface area contributed by atoms with Crippen molar-refractivity contribution in [3.63, 3.8) is 0 Å². The summed E-state index contributed by atoms with van der Waals surface area (Å²) in [6, 6.07) is 13.5. The number of nitrogens with one attached hydrogen (secondary N) is 1. The molecule has 2 aromatic heterocycles. The van der Waals surface area contributed by atoms with Gasteiger partial charge in [0.25, 0.3) is 0 Å². The van der Waals surface area contributed by atoms with Crippen molar-refractivity contribution in [1.29, 1.82) is 0 Å². The zero-order valence-electron chi connectivity index (χ0n) is 14.7. The minimum atomic E-state index is 0.0463. The van der Waals surface area contributed by atoms with Crippen LogP contribution in [0.1, 0.15) is 31.2 Å². The molecule has 0 saturated heterocycles. The van der Waals surface area contributed by atoms with Gasteiger partial charge in [-0.05, 0) is 48.7 Å². The van der Waals surface area contributed by atoms with Gasteiger partial charge >= 0.3 is 0 Å². The molecule has 1 saturated carbocycles. The number of nitrogens with two attached hydrogens (primary N) is 2. The molecule has 1 aliphatic carbocycles. The van der Waals surface area contributed by atoms with E-state index in [9.17, 15) is 0 Å². The number of nitrogen functional groups attached to an aromatic ring is 2. The highest BCUT2D eigenvalue weighted by Gasteiger charge is 2.09. The molecule has 26 heavy (non-hydrogen) atoms. The van der Waals surface area contributed by atoms with E-state index in [4.69, 9.17) is 16.6 Å². The van der Waals surface area contributed by atoms with Crippen molar-refractivity contribution < 1.29 is 5.11 Å². The quantitative estimate of drug-likeness (QED) is 0.576. The Morgan fingerprint density at radius 2 is 1.88 bits per heavy atom. The minimum Gasteiger partial charge on any atom is -0.396 e. The molecule has 1 aromatic carbocycles. The maximum Gasteiger partial charge on any atom is 0.151 e. The molecule has 0 atom stereocenters. The monoisotopic (exact) mass is 351 g/mol. The van der Waals surface area contributed by atoms with Gasteiger partial charge in [-0.25, -0.2) is 4.98 Å². The lowest BCUT2D eigenvalue weighted by atomic mass is 10.1. The van der Waals surface area contributed by atoms with Gasteiger partial charge in [-0.2, -0.15) is 0 Å². The number of benzene rings is 1. The van der Waals surface area contributed by atoms with Gasteiger partial charge in [0.1, 0.15) is 5.82 Å². The maximum atomic E-state index is 8.73. The first-order valence-corrected chi connectivity index (χ1v) is 8.89. The summed E-state index contributed by atoms with van der Waals surface area (Å²) in [7, 11) is 0. The third kappa shape index (κ3) is 4.83. The highest BCUT2D eigenvalue weighted by Crippen LogP contribution is 2.19. The molecule has 1 fully saturated rings. The van der Waals surface area contributed by atoms with Crippen molar-refractivity contribution >= 4 is 28.2 Å². The molecule has 0 spiro atoms. The molecule has 3 aromatic rings. The predicted octanol–water partition coefficient (Wildman–Crippen LogP) is 3.33. The lowest BCUT2D eigenvalue weighted by molar-refractivity contribution is 0.183. The molecule has 4 rings (SSSR count). The maximum absolute atomic E-state index is 8.73. The van der Waals surface area contributed by atoms with E-state index in [1.54, 1.807) is 18.3 Å². The fourth-order valence-corrected chi connectivity index (χ4v) is 2.95. The van der Waals surface area contributed by atoms with Crippen molar-refractivity contribution in [3.05, 3.63) is 54.2 Å². The molecule has 6 nitrogen and oxygen atoms in total. The van der Waals surface area contributed by atoms with Crippen molar-refractivity contribution in [2.75, 3.05) is 16.8 Å². The Hall–Kier alpha value is -2.86. The van der Waals surface area contributed by atoms with Gasteiger partial charge in [0.15, 0.2) is 5.82 Å². The molecule has 0 aliphatic heterocycles. The van der Waals surface area contributed by atoms with Gasteiger partial charge in [-0.3, -0.25) is 4.98 Å². The first kappa shape index (κ1) is 17.9. The van der Waals surface area contributed by atoms with Crippen LogP contribution in [-0.2, 0) is 6.54 Å². The molecule has 0 bridgehead atoms. The standard InChI is InChI=1S/C15H15N5.C5H10O/c16-12-4-6-14(17)20-15(12)19-9-10-3-5-13-11(8-10)2-1-7-18-13;6-5-3-1-2-4-5/h1-8H,9,16H2,(H3,17,19,20);5-6H,1-4H2. The first-order valence-electron chi connectivity index (χ1n) is 8.89. The van der Waals surface area contributed by atoms with Crippen LogP contribution in [0.3, 0.4) is 0 Å². The minimum absolute atomic E-state index is 0.0463. The number of rotatable bonds is 3. The Balaban J connectivity index is 0.000000278. The summed E-state index contributed by atoms with van der Waals surface area (Å²) in [5, 5.41) is 13.0. The largest absolute Gasteiger partial charge is 0.396 e. The molecule has 0 radical (unpaired) electrons. The van der Waals surface area contributed by atoms with Crippen LogP contribution in [0.2, 0.25) is 0 Å². The molecule has 2 heterocycles. The molecule has 0 unspecified atom stereocenters. The Bertz CT molecular complexity index is 862. The number of fused-ring (bicyclic) bond motifs is 1. The molecular formula is C20H25N5O. The SMILES string of the molecule is Nc1ccc(N)c(NCc2ccc3ncccc3c2)n1.OC1CCCC1. The van der Waals surface area contributed by atoms with Crippen LogP contribution in [-0.4, -0.2) is 21.2 Å². The zero-order chi connectivity index (χ0) is 18.4. The summed E-state index contributed by atoms with van der Waals surface area (Å²) in [5.74, 6) is 1.06. The van der Waals surface area contributed by atoms with Gasteiger partial charge in [0.05, 0.1) is 17.3 Å². The topological polar surface area (TPSA) is 110 Å². The Kier molecular flexibility index (Phi) is 5.86. The Labute approximate surface area is 153 Å². The van der Waals surface area contributed by atoms with Crippen LogP contribution >= 0.6 is 0 Å². The summed E-state index contributed by atoms with van der Waals surface area (Å²) in [6.45, 7) is 0.630. The van der Waals surface area contributed by atoms with Crippen LogP contribution < -0.4 is 16.8 Å². The fraction of sp³-hybridized carbons (Fsp3) is 0.300. The van der Waals surface area contributed by atoms with Gasteiger partial charge < -0.3 is 21.9 Å². The lowest BCUT2D eigenvalue weighted by Crippen LogP contribution is -2.06. The van der Waals surface area contributed by atoms with Crippen molar-refractivity contribution in [1.82, 2.24) is 9.97 Å². The second kappa shape index (κ2) is 8.49. The van der Waals surface area contributed by atoms with E-state index in [0.717, 1.165) is 29.3 Å². The van der Waals surface area contributed by atoms with Crippen LogP contribution in [0.4, 0.5) is 17.3 Å². The Morgan fingerprint density at radius 1 is 1.08 bits per heavy atom. The third-order valence-electron chi connectivity index (χ3n) is 4.40. The first-order chi connectivity index (χ1) is 12.6. The highest BCUT2D eigenvalue weighted by molar-refractivity contribution is 5.79. The number of hydrogen-bond acceptors (Lipinski definition) is 6. The van der Waals surface area contributed by atoms with E-state index in [-0.39, 0.29) is 6.10 Å². The van der Waals surface area contributed by atoms with E-state index in [1.807, 2.05) is 24.3 Å². The zero-order valence-corrected chi connectivity index (χ0v) is 14.7. The number of anilines is 3. The van der Waals surface area contributed by atoms with Crippen LogP contribution in [0.5, 0.6) is 0 Å². The summed E-state index contributed by atoms with van der Waals surface area (Å²) in [6.07, 6.45) is 6.39. The van der Waals surface area contributed by atoms with Crippen molar-refractivity contribution in [2.24, 2.45) is 0 Å². The van der Waals surface area contributed by atoms with Gasteiger partial charge in [0, 0.05) is 18.1 Å². The normalized spacial score (nSPS) is 14.0. The van der Waals surface area contributed by atoms with Gasteiger partial charge in [-0.15, -0.1) is 0 Å². The van der Waals surface area contributed by atoms with Crippen LogP contribution in [0, 0.1) is 0 Å². The summed E-state index contributed by atoms with van der Waals surface area (Å²) >= 11 is 0. The van der Waals surface area contributed by atoms with Gasteiger partial charge in [0.2, 0.25) is 0 Å². The lowest BCUT2D eigenvalue weighted by Gasteiger charge is -2.09. The molecule has 136 valence electrons. The number of aliphatic hydroxyl groups is 1. The smallest absolute Gasteiger partial charge is 0.151 e. The number of pyridine rings is 2. The summed E-state index contributed by atoms with van der Waals surface area (Å²) < 4.78 is 0. The molecule has 1 aliphatic rings. The Morgan fingerprint density at radius 3 is 2.62 bits per heavy atom. The second-order valence-corrected chi connectivity index (χ2v) is 6.50. The number of aromatic nitrogens is 2. The molecule has 0 amide bonds.